The second kappa shape index (κ2) is 5.86. The Bertz CT molecular complexity index is 136. The molecule has 1 fully saturated rings. The zero-order valence-corrected chi connectivity index (χ0v) is 9.47. The van der Waals surface area contributed by atoms with E-state index in [0.29, 0.717) is 6.04 Å². The molecule has 0 radical (unpaired) electrons. The van der Waals surface area contributed by atoms with E-state index in [1.165, 1.54) is 17.9 Å². The monoisotopic (exact) mass is 205 g/mol. The van der Waals surface area contributed by atoms with Crippen molar-refractivity contribution in [1.29, 1.82) is 0 Å². The third-order valence-electron chi connectivity index (χ3n) is 2.49. The summed E-state index contributed by atoms with van der Waals surface area (Å²) < 4.78 is 10.3. The van der Waals surface area contributed by atoms with Gasteiger partial charge >= 0.3 is 0 Å². The molecule has 0 saturated carbocycles. The average Bonchev–Trinajstić information content (AvgIpc) is 2.66. The fourth-order valence-electron chi connectivity index (χ4n) is 1.50. The van der Waals surface area contributed by atoms with E-state index in [0.717, 1.165) is 6.54 Å². The van der Waals surface area contributed by atoms with Crippen molar-refractivity contribution in [2.75, 3.05) is 39.3 Å². The van der Waals surface area contributed by atoms with Crippen LogP contribution in [-0.4, -0.2) is 56.5 Å². The highest BCUT2D eigenvalue weighted by Gasteiger charge is 2.22. The van der Waals surface area contributed by atoms with Crippen LogP contribution in [0.1, 0.15) is 6.42 Å². The van der Waals surface area contributed by atoms with E-state index >= 15 is 0 Å². The van der Waals surface area contributed by atoms with Crippen LogP contribution in [0.3, 0.4) is 0 Å². The number of methoxy groups -OCH3 is 2. The molecule has 1 heterocycles. The second-order valence-electron chi connectivity index (χ2n) is 3.36. The summed E-state index contributed by atoms with van der Waals surface area (Å²) in [4.78, 5) is 2.33. The van der Waals surface area contributed by atoms with Gasteiger partial charge in [-0.15, -0.1) is 0 Å². The molecule has 4 heteroatoms. The van der Waals surface area contributed by atoms with Crippen molar-refractivity contribution in [2.24, 2.45) is 0 Å². The number of thioether (sulfide) groups is 1. The number of hydrogen-bond donors (Lipinski definition) is 0. The van der Waals surface area contributed by atoms with Gasteiger partial charge in [0.05, 0.1) is 0 Å². The summed E-state index contributed by atoms with van der Waals surface area (Å²) in [6, 6.07) is 0.706. The van der Waals surface area contributed by atoms with E-state index in [4.69, 9.17) is 9.47 Å². The Morgan fingerprint density at radius 3 is 2.62 bits per heavy atom. The van der Waals surface area contributed by atoms with Crippen molar-refractivity contribution in [1.82, 2.24) is 4.90 Å². The van der Waals surface area contributed by atoms with Gasteiger partial charge in [-0.1, -0.05) is 0 Å². The number of ether oxygens (including phenoxy) is 2. The highest BCUT2D eigenvalue weighted by atomic mass is 32.2. The fourth-order valence-corrected chi connectivity index (χ4v) is 2.80. The molecule has 1 unspecified atom stereocenters. The first-order valence-electron chi connectivity index (χ1n) is 4.61. The zero-order chi connectivity index (χ0) is 9.68. The molecule has 0 aromatic rings. The summed E-state index contributed by atoms with van der Waals surface area (Å²) >= 11 is 2.03. The van der Waals surface area contributed by atoms with Gasteiger partial charge in [-0.3, -0.25) is 4.90 Å². The van der Waals surface area contributed by atoms with E-state index < -0.39 is 0 Å². The van der Waals surface area contributed by atoms with Crippen molar-refractivity contribution in [3.05, 3.63) is 0 Å². The molecule has 0 bridgehead atoms. The van der Waals surface area contributed by atoms with Crippen LogP contribution in [0.25, 0.3) is 0 Å². The van der Waals surface area contributed by atoms with Crippen LogP contribution in [0.4, 0.5) is 0 Å². The van der Waals surface area contributed by atoms with Crippen molar-refractivity contribution < 1.29 is 9.47 Å². The van der Waals surface area contributed by atoms with Crippen LogP contribution in [0.15, 0.2) is 0 Å². The van der Waals surface area contributed by atoms with Gasteiger partial charge in [-0.05, 0) is 19.2 Å². The molecule has 1 rings (SSSR count). The Hall–Kier alpha value is 0.230. The van der Waals surface area contributed by atoms with Gasteiger partial charge in [0.25, 0.3) is 0 Å². The maximum atomic E-state index is 5.16. The molecule has 1 aliphatic heterocycles. The SMILES string of the molecule is COC(CN(C)C1CCSC1)OC. The van der Waals surface area contributed by atoms with Gasteiger partial charge in [-0.2, -0.15) is 11.8 Å². The molecule has 0 aromatic heterocycles. The molecule has 1 atom stereocenters. The zero-order valence-electron chi connectivity index (χ0n) is 8.66. The summed E-state index contributed by atoms with van der Waals surface area (Å²) in [6.45, 7) is 0.859. The van der Waals surface area contributed by atoms with E-state index in [9.17, 15) is 0 Å². The molecule has 0 amide bonds. The summed E-state index contributed by atoms with van der Waals surface area (Å²) in [6.07, 6.45) is 1.21. The lowest BCUT2D eigenvalue weighted by Crippen LogP contribution is -2.38. The normalized spacial score (nSPS) is 23.3. The molecule has 78 valence electrons. The molecular weight excluding hydrogens is 186 g/mol. The first-order chi connectivity index (χ1) is 6.27. The molecule has 0 aromatic carbocycles. The van der Waals surface area contributed by atoms with Gasteiger partial charge in [0.2, 0.25) is 0 Å². The number of likely N-dealkylation sites (N-methyl/N-ethyl adjacent to an activating group) is 1. The highest BCUT2D eigenvalue weighted by Crippen LogP contribution is 2.21. The van der Waals surface area contributed by atoms with Crippen molar-refractivity contribution in [3.8, 4) is 0 Å². The molecular formula is C9H19NO2S. The van der Waals surface area contributed by atoms with Crippen molar-refractivity contribution in [2.45, 2.75) is 18.8 Å². The highest BCUT2D eigenvalue weighted by molar-refractivity contribution is 7.99. The minimum absolute atomic E-state index is 0.0874. The molecule has 13 heavy (non-hydrogen) atoms. The summed E-state index contributed by atoms with van der Waals surface area (Å²) in [7, 11) is 5.51. The molecule has 3 nitrogen and oxygen atoms in total. The second-order valence-corrected chi connectivity index (χ2v) is 4.51. The van der Waals surface area contributed by atoms with E-state index in [2.05, 4.69) is 11.9 Å². The fraction of sp³-hybridized carbons (Fsp3) is 1.00. The maximum absolute atomic E-state index is 5.16. The van der Waals surface area contributed by atoms with Crippen LogP contribution in [0.2, 0.25) is 0 Å². The van der Waals surface area contributed by atoms with E-state index in [1.54, 1.807) is 14.2 Å². The summed E-state index contributed by atoms with van der Waals surface area (Å²) in [5.74, 6) is 2.54. The summed E-state index contributed by atoms with van der Waals surface area (Å²) in [5, 5.41) is 0. The van der Waals surface area contributed by atoms with Gasteiger partial charge in [-0.25, -0.2) is 0 Å². The van der Waals surface area contributed by atoms with Gasteiger partial charge in [0.15, 0.2) is 6.29 Å². The molecule has 1 aliphatic rings. The smallest absolute Gasteiger partial charge is 0.169 e. The maximum Gasteiger partial charge on any atom is 0.169 e. The minimum Gasteiger partial charge on any atom is -0.355 e. The number of nitrogens with zero attached hydrogens (tertiary/aromatic N) is 1. The Morgan fingerprint density at radius 2 is 2.15 bits per heavy atom. The van der Waals surface area contributed by atoms with E-state index in [-0.39, 0.29) is 6.29 Å². The third-order valence-corrected chi connectivity index (χ3v) is 3.64. The van der Waals surface area contributed by atoms with Crippen molar-refractivity contribution >= 4 is 11.8 Å². The Kier molecular flexibility index (Phi) is 5.09. The summed E-state index contributed by atoms with van der Waals surface area (Å²) in [5.41, 5.74) is 0. The molecule has 0 aliphatic carbocycles. The first kappa shape index (κ1) is 11.3. The van der Waals surface area contributed by atoms with Crippen molar-refractivity contribution in [3.63, 3.8) is 0 Å². The Labute approximate surface area is 84.8 Å². The predicted molar refractivity (Wildman–Crippen MR) is 56.2 cm³/mol. The average molecular weight is 205 g/mol. The van der Waals surface area contributed by atoms with Crippen LogP contribution in [0.5, 0.6) is 0 Å². The quantitative estimate of drug-likeness (QED) is 0.625. The van der Waals surface area contributed by atoms with Crippen LogP contribution >= 0.6 is 11.8 Å². The lowest BCUT2D eigenvalue weighted by atomic mass is 10.2. The lowest BCUT2D eigenvalue weighted by molar-refractivity contribution is -0.116. The van der Waals surface area contributed by atoms with E-state index in [1.807, 2.05) is 11.8 Å². The molecule has 0 spiro atoms. The van der Waals surface area contributed by atoms with Gasteiger partial charge in [0.1, 0.15) is 0 Å². The Balaban J connectivity index is 2.25. The lowest BCUT2D eigenvalue weighted by Gasteiger charge is -2.26. The number of hydrogen-bond acceptors (Lipinski definition) is 4. The Morgan fingerprint density at radius 1 is 1.46 bits per heavy atom. The molecule has 1 saturated heterocycles. The van der Waals surface area contributed by atoms with Crippen LogP contribution < -0.4 is 0 Å². The molecule has 0 N–H and O–H groups in total. The largest absolute Gasteiger partial charge is 0.355 e. The first-order valence-corrected chi connectivity index (χ1v) is 5.77. The predicted octanol–water partition coefficient (Wildman–Crippen LogP) is 1.04. The van der Waals surface area contributed by atoms with Crippen LogP contribution in [-0.2, 0) is 9.47 Å². The third kappa shape index (κ3) is 3.46. The van der Waals surface area contributed by atoms with Gasteiger partial charge in [0, 0.05) is 32.6 Å². The van der Waals surface area contributed by atoms with Gasteiger partial charge < -0.3 is 9.47 Å². The standard InChI is InChI=1S/C9H19NO2S/c1-10(6-9(11-2)12-3)8-4-5-13-7-8/h8-9H,4-7H2,1-3H3. The minimum atomic E-state index is -0.0874. The van der Waals surface area contributed by atoms with Crippen LogP contribution in [0, 0.1) is 0 Å². The number of rotatable bonds is 5. The topological polar surface area (TPSA) is 21.7 Å².